The Bertz CT molecular complexity index is 423. The lowest BCUT2D eigenvalue weighted by molar-refractivity contribution is -0.186. The van der Waals surface area contributed by atoms with Gasteiger partial charge in [0.15, 0.2) is 5.67 Å². The molecule has 1 aliphatic rings. The van der Waals surface area contributed by atoms with Crippen LogP contribution in [-0.2, 0) is 0 Å². The first-order valence-corrected chi connectivity index (χ1v) is 6.80. The van der Waals surface area contributed by atoms with E-state index in [1.54, 1.807) is 24.3 Å². The molecule has 0 heterocycles. The van der Waals surface area contributed by atoms with Crippen LogP contribution in [0.5, 0.6) is 0 Å². The van der Waals surface area contributed by atoms with Crippen LogP contribution in [0.15, 0.2) is 24.3 Å². The first-order valence-electron chi connectivity index (χ1n) is 6.80. The minimum Gasteiger partial charge on any atom is -0.238 e. The smallest absolute Gasteiger partial charge is 0.238 e. The molecule has 1 fully saturated rings. The summed E-state index contributed by atoms with van der Waals surface area (Å²) in [7, 11) is 0. The highest BCUT2D eigenvalue weighted by atomic mass is 19.3. The summed E-state index contributed by atoms with van der Waals surface area (Å²) < 4.78 is 43.4. The van der Waals surface area contributed by atoms with Gasteiger partial charge in [-0.3, -0.25) is 0 Å². The average molecular weight is 269 g/mol. The molecule has 3 heteroatoms. The molecule has 0 N–H and O–H groups in total. The molecule has 1 aromatic carbocycles. The maximum absolute atomic E-state index is 14.6. The second-order valence-electron chi connectivity index (χ2n) is 6.08. The topological polar surface area (TPSA) is 0 Å². The van der Waals surface area contributed by atoms with E-state index >= 15 is 0 Å². The van der Waals surface area contributed by atoms with E-state index in [1.165, 1.54) is 0 Å². The lowest BCUT2D eigenvalue weighted by atomic mass is 9.64. The van der Waals surface area contributed by atoms with Gasteiger partial charge < -0.3 is 0 Å². The van der Waals surface area contributed by atoms with Crippen molar-refractivity contribution in [3.05, 3.63) is 35.9 Å². The summed E-state index contributed by atoms with van der Waals surface area (Å²) in [5, 5.41) is 0. The molecule has 0 spiro atoms. The second kappa shape index (κ2) is 4.84. The van der Waals surface area contributed by atoms with Gasteiger partial charge in [0.1, 0.15) is 0 Å². The summed E-state index contributed by atoms with van der Waals surface area (Å²) in [5.74, 6) is -4.47. The second-order valence-corrected chi connectivity index (χ2v) is 6.08. The minimum atomic E-state index is -3.33. The molecule has 1 radical (unpaired) electrons. The quantitative estimate of drug-likeness (QED) is 0.708. The number of hydrogen-bond donors (Lipinski definition) is 0. The highest BCUT2D eigenvalue weighted by Crippen LogP contribution is 2.56. The number of benzene rings is 1. The Balaban J connectivity index is 2.47. The van der Waals surface area contributed by atoms with Crippen LogP contribution in [0, 0.1) is 17.9 Å². The maximum atomic E-state index is 14.6. The fraction of sp³-hybridized carbons (Fsp3) is 0.625. The van der Waals surface area contributed by atoms with Gasteiger partial charge in [-0.2, -0.15) is 0 Å². The van der Waals surface area contributed by atoms with Crippen molar-refractivity contribution in [1.82, 2.24) is 0 Å². The third-order valence-electron chi connectivity index (χ3n) is 4.42. The van der Waals surface area contributed by atoms with Crippen LogP contribution in [0.1, 0.15) is 45.1 Å². The Morgan fingerprint density at radius 2 is 1.79 bits per heavy atom. The average Bonchev–Trinajstić information content (AvgIpc) is 2.33. The van der Waals surface area contributed by atoms with Crippen molar-refractivity contribution in [1.29, 1.82) is 0 Å². The standard InChI is InChI=1S/C16H20F3/c1-11(2)13-9-10-15(3,17)16(18,19)14(13)12-7-5-4-6-8-12/h5-8,11,13-14H,9-10H2,1-3H3. The van der Waals surface area contributed by atoms with Gasteiger partial charge in [0.05, 0.1) is 5.92 Å². The van der Waals surface area contributed by atoms with E-state index < -0.39 is 17.5 Å². The fourth-order valence-electron chi connectivity index (χ4n) is 3.15. The van der Waals surface area contributed by atoms with E-state index in [4.69, 9.17) is 0 Å². The molecule has 0 amide bonds. The predicted molar refractivity (Wildman–Crippen MR) is 70.0 cm³/mol. The lowest BCUT2D eigenvalue weighted by Gasteiger charge is -2.46. The summed E-state index contributed by atoms with van der Waals surface area (Å²) in [6.07, 6.45) is 0.432. The molecule has 1 aromatic rings. The summed E-state index contributed by atoms with van der Waals surface area (Å²) in [6.45, 7) is 4.90. The van der Waals surface area contributed by atoms with Crippen molar-refractivity contribution in [3.8, 4) is 0 Å². The Morgan fingerprint density at radius 3 is 2.32 bits per heavy atom. The molecule has 1 aliphatic carbocycles. The Morgan fingerprint density at radius 1 is 1.21 bits per heavy atom. The summed E-state index contributed by atoms with van der Waals surface area (Å²) in [4.78, 5) is 0. The summed E-state index contributed by atoms with van der Waals surface area (Å²) >= 11 is 0. The predicted octanol–water partition coefficient (Wildman–Crippen LogP) is 5.00. The molecule has 3 atom stereocenters. The molecule has 2 rings (SSSR count). The van der Waals surface area contributed by atoms with Gasteiger partial charge in [0.25, 0.3) is 5.92 Å². The van der Waals surface area contributed by atoms with Gasteiger partial charge in [0.2, 0.25) is 0 Å². The number of hydrogen-bond acceptors (Lipinski definition) is 0. The molecule has 0 saturated heterocycles. The highest BCUT2D eigenvalue weighted by molar-refractivity contribution is 5.26. The van der Waals surface area contributed by atoms with Crippen molar-refractivity contribution in [3.63, 3.8) is 0 Å². The zero-order valence-corrected chi connectivity index (χ0v) is 11.6. The monoisotopic (exact) mass is 269 g/mol. The van der Waals surface area contributed by atoms with Gasteiger partial charge >= 0.3 is 0 Å². The first kappa shape index (κ1) is 14.4. The van der Waals surface area contributed by atoms with Crippen molar-refractivity contribution < 1.29 is 13.2 Å². The normalized spacial score (nSPS) is 34.5. The van der Waals surface area contributed by atoms with Crippen molar-refractivity contribution in [2.45, 2.75) is 51.1 Å². The van der Waals surface area contributed by atoms with E-state index in [1.807, 2.05) is 13.8 Å². The molecule has 0 aromatic heterocycles. The summed E-state index contributed by atoms with van der Waals surface area (Å²) in [6, 6.07) is 9.33. The van der Waals surface area contributed by atoms with Crippen molar-refractivity contribution in [2.75, 3.05) is 0 Å². The minimum absolute atomic E-state index is 0.0711. The van der Waals surface area contributed by atoms with E-state index in [2.05, 4.69) is 6.07 Å². The van der Waals surface area contributed by atoms with Crippen LogP contribution in [0.25, 0.3) is 0 Å². The van der Waals surface area contributed by atoms with Gasteiger partial charge in [-0.1, -0.05) is 38.1 Å². The zero-order valence-electron chi connectivity index (χ0n) is 11.6. The largest absolute Gasteiger partial charge is 0.288 e. The van der Waals surface area contributed by atoms with Crippen LogP contribution in [0.2, 0.25) is 0 Å². The zero-order chi connectivity index (χ0) is 14.3. The van der Waals surface area contributed by atoms with Crippen LogP contribution >= 0.6 is 0 Å². The van der Waals surface area contributed by atoms with Gasteiger partial charge in [-0.25, -0.2) is 13.2 Å². The highest BCUT2D eigenvalue weighted by Gasteiger charge is 2.61. The molecule has 0 bridgehead atoms. The van der Waals surface area contributed by atoms with E-state index in [0.717, 1.165) is 6.92 Å². The van der Waals surface area contributed by atoms with E-state index in [-0.39, 0.29) is 18.3 Å². The number of alkyl halides is 3. The first-order chi connectivity index (χ1) is 8.77. The van der Waals surface area contributed by atoms with Crippen LogP contribution in [-0.4, -0.2) is 11.6 Å². The van der Waals surface area contributed by atoms with Gasteiger partial charge in [-0.05, 0) is 43.2 Å². The lowest BCUT2D eigenvalue weighted by Crippen LogP contribution is -2.53. The number of halogens is 3. The molecule has 19 heavy (non-hydrogen) atoms. The van der Waals surface area contributed by atoms with Gasteiger partial charge in [-0.15, -0.1) is 0 Å². The van der Waals surface area contributed by atoms with E-state index in [9.17, 15) is 13.2 Å². The van der Waals surface area contributed by atoms with Crippen molar-refractivity contribution >= 4 is 0 Å². The Labute approximate surface area is 113 Å². The van der Waals surface area contributed by atoms with E-state index in [0.29, 0.717) is 12.0 Å². The van der Waals surface area contributed by atoms with Crippen LogP contribution < -0.4 is 0 Å². The molecule has 0 aliphatic heterocycles. The Hall–Kier alpha value is -0.990. The molecular weight excluding hydrogens is 249 g/mol. The molecular formula is C16H20F3. The maximum Gasteiger partial charge on any atom is 0.288 e. The fourth-order valence-corrected chi connectivity index (χ4v) is 3.15. The Kier molecular flexibility index (Phi) is 3.67. The molecule has 0 nitrogen and oxygen atoms in total. The number of rotatable bonds is 2. The third kappa shape index (κ3) is 2.39. The molecule has 1 saturated carbocycles. The SMILES string of the molecule is CC(C)C1CCC(C)(F)C(F)(F)C1c1cc[c]cc1. The summed E-state index contributed by atoms with van der Waals surface area (Å²) in [5.41, 5.74) is -1.91. The van der Waals surface area contributed by atoms with Crippen LogP contribution in [0.3, 0.4) is 0 Å². The van der Waals surface area contributed by atoms with Gasteiger partial charge in [0, 0.05) is 0 Å². The third-order valence-corrected chi connectivity index (χ3v) is 4.42. The van der Waals surface area contributed by atoms with Crippen molar-refractivity contribution in [2.24, 2.45) is 11.8 Å². The molecule has 105 valence electrons. The molecule has 3 unspecified atom stereocenters. The van der Waals surface area contributed by atoms with Crippen LogP contribution in [0.4, 0.5) is 13.2 Å².